The van der Waals surface area contributed by atoms with Gasteiger partial charge in [-0.15, -0.1) is 0 Å². The minimum atomic E-state index is -1.49. The second-order valence-electron chi connectivity index (χ2n) is 4.20. The molecule has 114 valence electrons. The maximum atomic E-state index is 12.9. The van der Waals surface area contributed by atoms with Crippen LogP contribution in [0, 0.1) is 21.8 Å². The van der Waals surface area contributed by atoms with E-state index < -0.39 is 41.1 Å². The smallest absolute Gasteiger partial charge is 0.320 e. The number of nitrogens with zero attached hydrogens (tertiary/aromatic N) is 1. The number of ether oxygens (including phenoxy) is 2. The minimum absolute atomic E-state index is 0.272. The molecular weight excluding hydrogens is 285 g/mol. The van der Waals surface area contributed by atoms with Crippen LogP contribution in [0.15, 0.2) is 24.3 Å². The Bertz CT molecular complexity index is 514. The third-order valence-electron chi connectivity index (χ3n) is 2.96. The van der Waals surface area contributed by atoms with E-state index in [1.165, 1.54) is 12.1 Å². The highest BCUT2D eigenvalue weighted by Gasteiger charge is 2.40. The van der Waals surface area contributed by atoms with Gasteiger partial charge in [0.1, 0.15) is 5.82 Å². The number of methoxy groups -OCH3 is 2. The van der Waals surface area contributed by atoms with Gasteiger partial charge in [-0.05, 0) is 17.7 Å². The van der Waals surface area contributed by atoms with Crippen molar-refractivity contribution < 1.29 is 28.4 Å². The summed E-state index contributed by atoms with van der Waals surface area (Å²) in [4.78, 5) is 33.7. The number of carbonyl (C=O) groups excluding carboxylic acids is 2. The van der Waals surface area contributed by atoms with Gasteiger partial charge in [0.15, 0.2) is 5.92 Å². The van der Waals surface area contributed by atoms with Crippen LogP contribution in [0.25, 0.3) is 0 Å². The molecule has 0 bridgehead atoms. The molecule has 0 saturated heterocycles. The molecule has 1 aromatic carbocycles. The number of carbonyl (C=O) groups is 2. The maximum absolute atomic E-state index is 12.9. The molecule has 1 atom stereocenters. The zero-order chi connectivity index (χ0) is 16.0. The average molecular weight is 299 g/mol. The average Bonchev–Trinajstić information content (AvgIpc) is 2.46. The van der Waals surface area contributed by atoms with Crippen LogP contribution in [0.4, 0.5) is 4.39 Å². The minimum Gasteiger partial charge on any atom is -0.468 e. The van der Waals surface area contributed by atoms with Gasteiger partial charge in [-0.25, -0.2) is 4.39 Å². The summed E-state index contributed by atoms with van der Waals surface area (Å²) in [6.07, 6.45) is 0. The van der Waals surface area contributed by atoms with E-state index >= 15 is 0 Å². The summed E-state index contributed by atoms with van der Waals surface area (Å²) in [6, 6.07) is 4.74. The van der Waals surface area contributed by atoms with Crippen LogP contribution in [-0.2, 0) is 19.1 Å². The van der Waals surface area contributed by atoms with Crippen LogP contribution in [0.3, 0.4) is 0 Å². The third-order valence-corrected chi connectivity index (χ3v) is 2.96. The van der Waals surface area contributed by atoms with E-state index in [1.54, 1.807) is 0 Å². The van der Waals surface area contributed by atoms with Gasteiger partial charge in [0.25, 0.3) is 0 Å². The molecule has 7 nitrogen and oxygen atoms in total. The lowest BCUT2D eigenvalue weighted by molar-refractivity contribution is -0.484. The van der Waals surface area contributed by atoms with Crippen LogP contribution in [0.5, 0.6) is 0 Å². The molecule has 1 aromatic rings. The van der Waals surface area contributed by atoms with Gasteiger partial charge < -0.3 is 9.47 Å². The van der Waals surface area contributed by atoms with E-state index in [0.29, 0.717) is 0 Å². The molecule has 0 spiro atoms. The van der Waals surface area contributed by atoms with Gasteiger partial charge in [0.2, 0.25) is 6.54 Å². The number of esters is 2. The zero-order valence-corrected chi connectivity index (χ0v) is 11.4. The number of hydrogen-bond donors (Lipinski definition) is 0. The molecule has 0 amide bonds. The third kappa shape index (κ3) is 4.23. The lowest BCUT2D eigenvalue weighted by Crippen LogP contribution is -2.35. The highest BCUT2D eigenvalue weighted by atomic mass is 19.1. The Morgan fingerprint density at radius 2 is 1.67 bits per heavy atom. The van der Waals surface area contributed by atoms with Crippen molar-refractivity contribution in [3.05, 3.63) is 45.8 Å². The summed E-state index contributed by atoms with van der Waals surface area (Å²) in [5.41, 5.74) is 0.272. The molecule has 0 radical (unpaired) electrons. The quantitative estimate of drug-likeness (QED) is 0.338. The topological polar surface area (TPSA) is 95.7 Å². The molecule has 1 rings (SSSR count). The first kappa shape index (κ1) is 16.5. The molecule has 0 heterocycles. The molecule has 0 saturated carbocycles. The fourth-order valence-corrected chi connectivity index (χ4v) is 1.95. The predicted molar refractivity (Wildman–Crippen MR) is 68.5 cm³/mol. The zero-order valence-electron chi connectivity index (χ0n) is 11.4. The molecule has 21 heavy (non-hydrogen) atoms. The fourth-order valence-electron chi connectivity index (χ4n) is 1.95. The largest absolute Gasteiger partial charge is 0.468 e. The van der Waals surface area contributed by atoms with Crippen molar-refractivity contribution in [1.29, 1.82) is 0 Å². The van der Waals surface area contributed by atoms with E-state index in [9.17, 15) is 24.1 Å². The van der Waals surface area contributed by atoms with E-state index in [0.717, 1.165) is 26.4 Å². The van der Waals surface area contributed by atoms with E-state index in [1.807, 2.05) is 0 Å². The van der Waals surface area contributed by atoms with Gasteiger partial charge in [-0.2, -0.15) is 0 Å². The number of nitro groups is 1. The van der Waals surface area contributed by atoms with Crippen molar-refractivity contribution in [1.82, 2.24) is 0 Å². The fraction of sp³-hybridized carbons (Fsp3) is 0.385. The van der Waals surface area contributed by atoms with Gasteiger partial charge in [0.05, 0.1) is 20.1 Å². The Balaban J connectivity index is 3.25. The Labute approximate surface area is 119 Å². The van der Waals surface area contributed by atoms with Gasteiger partial charge >= 0.3 is 11.9 Å². The molecule has 1 unspecified atom stereocenters. The van der Waals surface area contributed by atoms with Crippen LogP contribution < -0.4 is 0 Å². The van der Waals surface area contributed by atoms with Crippen molar-refractivity contribution >= 4 is 11.9 Å². The SMILES string of the molecule is COC(=O)C(C(=O)OC)C(C[N+](=O)[O-])c1ccc(F)cc1. The van der Waals surface area contributed by atoms with Crippen LogP contribution >= 0.6 is 0 Å². The van der Waals surface area contributed by atoms with Crippen molar-refractivity contribution in [3.63, 3.8) is 0 Å². The molecule has 8 heteroatoms. The second kappa shape index (κ2) is 7.32. The van der Waals surface area contributed by atoms with Gasteiger partial charge in [0, 0.05) is 4.92 Å². The first-order valence-corrected chi connectivity index (χ1v) is 5.93. The van der Waals surface area contributed by atoms with E-state index in [-0.39, 0.29) is 5.56 Å². The Hall–Kier alpha value is -2.51. The second-order valence-corrected chi connectivity index (χ2v) is 4.20. The Morgan fingerprint density at radius 3 is 2.05 bits per heavy atom. The van der Waals surface area contributed by atoms with Gasteiger partial charge in [-0.1, -0.05) is 12.1 Å². The van der Waals surface area contributed by atoms with Gasteiger partial charge in [-0.3, -0.25) is 19.7 Å². The first-order chi connectivity index (χ1) is 9.90. The molecule has 0 aromatic heterocycles. The lowest BCUT2D eigenvalue weighted by atomic mass is 9.86. The van der Waals surface area contributed by atoms with E-state index in [2.05, 4.69) is 9.47 Å². The summed E-state index contributed by atoms with van der Waals surface area (Å²) in [5.74, 6) is -5.03. The van der Waals surface area contributed by atoms with Crippen LogP contribution in [0.2, 0.25) is 0 Å². The molecule has 0 fully saturated rings. The Morgan fingerprint density at radius 1 is 1.19 bits per heavy atom. The number of rotatable bonds is 6. The maximum Gasteiger partial charge on any atom is 0.320 e. The molecule has 0 N–H and O–H groups in total. The van der Waals surface area contributed by atoms with Crippen LogP contribution in [-0.4, -0.2) is 37.6 Å². The summed E-state index contributed by atoms with van der Waals surface area (Å²) >= 11 is 0. The first-order valence-electron chi connectivity index (χ1n) is 5.93. The molecule has 0 aliphatic heterocycles. The van der Waals surface area contributed by atoms with Crippen molar-refractivity contribution in [3.8, 4) is 0 Å². The highest BCUT2D eigenvalue weighted by molar-refractivity contribution is 5.96. The summed E-state index contributed by atoms with van der Waals surface area (Å²) in [6.45, 7) is -0.694. The molecular formula is C13H14FNO6. The standard InChI is InChI=1S/C13H14FNO6/c1-20-12(16)11(13(17)21-2)10(7-15(18)19)8-3-5-9(14)6-4-8/h3-6,10-11H,7H2,1-2H3. The van der Waals surface area contributed by atoms with Crippen molar-refractivity contribution in [2.45, 2.75) is 5.92 Å². The normalized spacial score (nSPS) is 11.8. The highest BCUT2D eigenvalue weighted by Crippen LogP contribution is 2.27. The lowest BCUT2D eigenvalue weighted by Gasteiger charge is -2.20. The monoisotopic (exact) mass is 299 g/mol. The number of hydrogen-bond acceptors (Lipinski definition) is 6. The predicted octanol–water partition coefficient (Wildman–Crippen LogP) is 1.15. The summed E-state index contributed by atoms with van der Waals surface area (Å²) in [7, 11) is 2.12. The van der Waals surface area contributed by atoms with E-state index in [4.69, 9.17) is 0 Å². The number of benzene rings is 1. The Kier molecular flexibility index (Phi) is 5.77. The number of halogens is 1. The summed E-state index contributed by atoms with van der Waals surface area (Å²) < 4.78 is 22.0. The van der Waals surface area contributed by atoms with Crippen molar-refractivity contribution in [2.24, 2.45) is 5.92 Å². The summed E-state index contributed by atoms with van der Waals surface area (Å²) in [5, 5.41) is 10.8. The van der Waals surface area contributed by atoms with Crippen molar-refractivity contribution in [2.75, 3.05) is 20.8 Å². The molecule has 0 aliphatic carbocycles. The van der Waals surface area contributed by atoms with Crippen LogP contribution in [0.1, 0.15) is 11.5 Å². The molecule has 0 aliphatic rings.